The normalized spacial score (nSPS) is 6.59. The van der Waals surface area contributed by atoms with Crippen molar-refractivity contribution >= 4 is 5.97 Å². The van der Waals surface area contributed by atoms with Gasteiger partial charge in [0, 0.05) is 19.3 Å². The van der Waals surface area contributed by atoms with Gasteiger partial charge in [0.2, 0.25) is 0 Å². The Labute approximate surface area is 103 Å². The lowest BCUT2D eigenvalue weighted by Crippen LogP contribution is -2.06. The van der Waals surface area contributed by atoms with Crippen LogP contribution < -0.4 is 0 Å². The van der Waals surface area contributed by atoms with Crippen molar-refractivity contribution in [2.45, 2.75) is 0 Å². The number of carbonyl (C=O) groups is 1. The molecule has 0 amide bonds. The number of rotatable bonds is 5. The molecule has 0 radical (unpaired) electrons. The molecular weight excluding hydrogens is 218 g/mol. The summed E-state index contributed by atoms with van der Waals surface area (Å²) in [6.45, 7) is 13.8. The predicted octanol–water partition coefficient (Wildman–Crippen LogP) is 2.42. The Morgan fingerprint density at radius 3 is 1.94 bits per heavy atom. The van der Waals surface area contributed by atoms with Crippen molar-refractivity contribution < 1.29 is 14.3 Å². The van der Waals surface area contributed by atoms with Crippen LogP contribution in [0.3, 0.4) is 0 Å². The Bertz CT molecular complexity index is 258. The molecule has 0 aliphatic carbocycles. The van der Waals surface area contributed by atoms with Gasteiger partial charge in [0.1, 0.15) is 6.61 Å². The summed E-state index contributed by atoms with van der Waals surface area (Å²) in [6, 6.07) is 1.69. The van der Waals surface area contributed by atoms with Crippen LogP contribution in [0.5, 0.6) is 0 Å². The molecule has 0 atom stereocenters. The van der Waals surface area contributed by atoms with Gasteiger partial charge in [0.15, 0.2) is 0 Å². The van der Waals surface area contributed by atoms with Crippen LogP contribution in [0.1, 0.15) is 0 Å². The maximum Gasteiger partial charge on any atom is 0.330 e. The number of hydrogen-bond acceptors (Lipinski definition) is 4. The first-order chi connectivity index (χ1) is 8.14. The second-order valence-corrected chi connectivity index (χ2v) is 2.17. The van der Waals surface area contributed by atoms with Crippen molar-refractivity contribution in [3.8, 4) is 6.07 Å². The minimum absolute atomic E-state index is 0.293. The maximum atomic E-state index is 10.3. The molecule has 0 heterocycles. The summed E-state index contributed by atoms with van der Waals surface area (Å²) in [4.78, 5) is 10.3. The fraction of sp³-hybridized carbons (Fsp3) is 0.231. The van der Waals surface area contributed by atoms with Gasteiger partial charge in [0.25, 0.3) is 0 Å². The molecule has 0 spiro atoms. The zero-order valence-electron chi connectivity index (χ0n) is 10.2. The van der Waals surface area contributed by atoms with Crippen LogP contribution in [0.2, 0.25) is 0 Å². The molecule has 0 aromatic rings. The molecule has 0 unspecified atom stereocenters. The average molecular weight is 237 g/mol. The van der Waals surface area contributed by atoms with E-state index in [4.69, 9.17) is 5.26 Å². The van der Waals surface area contributed by atoms with Crippen molar-refractivity contribution in [1.82, 2.24) is 0 Å². The van der Waals surface area contributed by atoms with E-state index in [1.807, 2.05) is 0 Å². The zero-order valence-corrected chi connectivity index (χ0v) is 10.2. The van der Waals surface area contributed by atoms with Crippen molar-refractivity contribution in [2.24, 2.45) is 0 Å². The molecule has 0 rings (SSSR count). The molecule has 0 bridgehead atoms. The van der Waals surface area contributed by atoms with Gasteiger partial charge in [-0.3, -0.25) is 0 Å². The van der Waals surface area contributed by atoms with Gasteiger partial charge in [-0.25, -0.2) is 4.79 Å². The number of methoxy groups -OCH3 is 1. The highest BCUT2D eigenvalue weighted by molar-refractivity contribution is 5.81. The Morgan fingerprint density at radius 2 is 1.71 bits per heavy atom. The zero-order chi connectivity index (χ0) is 13.9. The van der Waals surface area contributed by atoms with E-state index in [2.05, 4.69) is 35.8 Å². The van der Waals surface area contributed by atoms with E-state index in [1.165, 1.54) is 6.08 Å². The van der Waals surface area contributed by atoms with Gasteiger partial charge in [-0.2, -0.15) is 5.26 Å². The Morgan fingerprint density at radius 1 is 1.24 bits per heavy atom. The van der Waals surface area contributed by atoms with E-state index < -0.39 is 5.97 Å². The number of ether oxygens (including phenoxy) is 2. The third kappa shape index (κ3) is 41.4. The van der Waals surface area contributed by atoms with E-state index in [1.54, 1.807) is 25.3 Å². The van der Waals surface area contributed by atoms with Crippen LogP contribution in [0.15, 0.2) is 50.6 Å². The first-order valence-electron chi connectivity index (χ1n) is 4.66. The molecule has 4 heteroatoms. The molecule has 0 aliphatic rings. The molecule has 0 saturated carbocycles. The highest BCUT2D eigenvalue weighted by Gasteiger charge is 1.91. The van der Waals surface area contributed by atoms with Crippen LogP contribution in [0.4, 0.5) is 0 Å². The van der Waals surface area contributed by atoms with Gasteiger partial charge < -0.3 is 9.47 Å². The van der Waals surface area contributed by atoms with E-state index >= 15 is 0 Å². The molecule has 0 aromatic heterocycles. The third-order valence-electron chi connectivity index (χ3n) is 0.956. The topological polar surface area (TPSA) is 59.3 Å². The van der Waals surface area contributed by atoms with Gasteiger partial charge >= 0.3 is 5.97 Å². The lowest BCUT2D eigenvalue weighted by Gasteiger charge is -1.98. The number of esters is 1. The summed E-state index contributed by atoms with van der Waals surface area (Å²) < 4.78 is 9.17. The minimum Gasteiger partial charge on any atom is -0.460 e. The summed E-state index contributed by atoms with van der Waals surface area (Å²) in [6.07, 6.45) is 5.58. The van der Waals surface area contributed by atoms with E-state index in [0.29, 0.717) is 13.2 Å². The molecule has 94 valence electrons. The molecule has 0 fully saturated rings. The minimum atomic E-state index is -0.410. The highest BCUT2D eigenvalue weighted by Crippen LogP contribution is 1.78. The molecule has 0 N–H and O–H groups in total. The standard InChI is InChI=1S/C6H10O3.C4H6.C3H3N/c1-3-6(7)9-5-4-8-2;1-3-4-2;1-2-3-4/h3H,1,4-5H2,2H3;3-4H,1-2H2;2H,1H2. The number of nitrogens with zero attached hydrogens (tertiary/aromatic N) is 1. The number of hydrogen-bond donors (Lipinski definition) is 0. The van der Waals surface area contributed by atoms with Gasteiger partial charge in [-0.05, 0) is 0 Å². The lowest BCUT2D eigenvalue weighted by molar-refractivity contribution is -0.138. The summed E-state index contributed by atoms with van der Waals surface area (Å²) in [5.74, 6) is -0.410. The SMILES string of the molecule is C=CC#N.C=CC(=O)OCCOC.C=CC=C. The monoisotopic (exact) mass is 237 g/mol. The Hall–Kier alpha value is -2.12. The first-order valence-corrected chi connectivity index (χ1v) is 4.66. The van der Waals surface area contributed by atoms with E-state index in [-0.39, 0.29) is 0 Å². The first kappa shape index (κ1) is 20.3. The quantitative estimate of drug-likeness (QED) is 0.242. The van der Waals surface area contributed by atoms with Crippen LogP contribution in [-0.4, -0.2) is 26.3 Å². The fourth-order valence-electron chi connectivity index (χ4n) is 0.285. The van der Waals surface area contributed by atoms with Gasteiger partial charge in [-0.1, -0.05) is 38.5 Å². The Balaban J connectivity index is -0.000000205. The average Bonchev–Trinajstić information content (AvgIpc) is 2.39. The fourth-order valence-corrected chi connectivity index (χ4v) is 0.285. The largest absolute Gasteiger partial charge is 0.460 e. The second-order valence-electron chi connectivity index (χ2n) is 2.17. The van der Waals surface area contributed by atoms with Gasteiger partial charge in [0.05, 0.1) is 12.7 Å². The van der Waals surface area contributed by atoms with Crippen molar-refractivity contribution in [3.63, 3.8) is 0 Å². The van der Waals surface area contributed by atoms with E-state index in [0.717, 1.165) is 6.08 Å². The van der Waals surface area contributed by atoms with Crippen LogP contribution >= 0.6 is 0 Å². The number of allylic oxidation sites excluding steroid dienone is 3. The second kappa shape index (κ2) is 23.6. The van der Waals surface area contributed by atoms with Gasteiger partial charge in [-0.15, -0.1) is 0 Å². The summed E-state index contributed by atoms with van der Waals surface area (Å²) in [5.41, 5.74) is 0. The number of carbonyl (C=O) groups excluding carboxylic acids is 1. The third-order valence-corrected chi connectivity index (χ3v) is 0.956. The van der Waals surface area contributed by atoms with Crippen molar-refractivity contribution in [2.75, 3.05) is 20.3 Å². The Kier molecular flexibility index (Phi) is 28.2. The van der Waals surface area contributed by atoms with Crippen LogP contribution in [-0.2, 0) is 14.3 Å². The van der Waals surface area contributed by atoms with Crippen LogP contribution in [0, 0.1) is 11.3 Å². The van der Waals surface area contributed by atoms with Crippen molar-refractivity contribution in [3.05, 3.63) is 50.6 Å². The van der Waals surface area contributed by atoms with E-state index in [9.17, 15) is 4.79 Å². The molecule has 17 heavy (non-hydrogen) atoms. The predicted molar refractivity (Wildman–Crippen MR) is 69.2 cm³/mol. The van der Waals surface area contributed by atoms with Crippen LogP contribution in [0.25, 0.3) is 0 Å². The molecule has 0 aromatic carbocycles. The maximum absolute atomic E-state index is 10.3. The number of nitriles is 1. The lowest BCUT2D eigenvalue weighted by atomic mass is 10.6. The summed E-state index contributed by atoms with van der Waals surface area (Å²) in [5, 5.41) is 7.51. The summed E-state index contributed by atoms with van der Waals surface area (Å²) in [7, 11) is 1.54. The smallest absolute Gasteiger partial charge is 0.330 e. The van der Waals surface area contributed by atoms with Crippen molar-refractivity contribution in [1.29, 1.82) is 5.26 Å². The summed E-state index contributed by atoms with van der Waals surface area (Å²) >= 11 is 0. The molecule has 4 nitrogen and oxygen atoms in total. The molecule has 0 saturated heterocycles. The highest BCUT2D eigenvalue weighted by atomic mass is 16.6. The molecular formula is C13H19NO3. The molecule has 0 aliphatic heterocycles.